The number of amides is 1. The monoisotopic (exact) mass is 321 g/mol. The van der Waals surface area contributed by atoms with Crippen LogP contribution in [0, 0.1) is 23.2 Å². The molecular formula is C17H23NO5. The Morgan fingerprint density at radius 1 is 1.13 bits per heavy atom. The molecule has 5 fully saturated rings. The third kappa shape index (κ3) is 2.72. The molecule has 5 rings (SSSR count). The second kappa shape index (κ2) is 5.49. The topological polar surface area (TPSA) is 81.7 Å². The van der Waals surface area contributed by atoms with Crippen LogP contribution in [0.4, 0.5) is 0 Å². The van der Waals surface area contributed by atoms with Crippen molar-refractivity contribution in [2.45, 2.75) is 51.0 Å². The third-order valence-electron chi connectivity index (χ3n) is 6.07. The van der Waals surface area contributed by atoms with E-state index in [-0.39, 0.29) is 24.5 Å². The first-order valence-corrected chi connectivity index (χ1v) is 8.68. The van der Waals surface area contributed by atoms with E-state index in [9.17, 15) is 14.4 Å². The molecule has 23 heavy (non-hydrogen) atoms. The number of rotatable bonds is 4. The molecule has 0 spiro atoms. The number of cyclic esters (lactones) is 1. The van der Waals surface area contributed by atoms with E-state index in [2.05, 4.69) is 5.32 Å². The minimum Gasteiger partial charge on any atom is -0.463 e. The van der Waals surface area contributed by atoms with Gasteiger partial charge in [-0.25, -0.2) is 4.79 Å². The highest BCUT2D eigenvalue weighted by Crippen LogP contribution is 2.60. The number of ether oxygens (including phenoxy) is 2. The molecular weight excluding hydrogens is 298 g/mol. The van der Waals surface area contributed by atoms with Crippen molar-refractivity contribution in [1.82, 2.24) is 5.32 Å². The number of esters is 2. The molecule has 1 N–H and O–H groups in total. The molecule has 0 unspecified atom stereocenters. The van der Waals surface area contributed by atoms with Crippen LogP contribution >= 0.6 is 0 Å². The van der Waals surface area contributed by atoms with Gasteiger partial charge in [-0.2, -0.15) is 0 Å². The van der Waals surface area contributed by atoms with E-state index in [0.717, 1.165) is 19.3 Å². The summed E-state index contributed by atoms with van der Waals surface area (Å²) in [6.45, 7) is 0.126. The lowest BCUT2D eigenvalue weighted by Gasteiger charge is -2.55. The Balaban J connectivity index is 1.32. The smallest absolute Gasteiger partial charge is 0.347 e. The van der Waals surface area contributed by atoms with Crippen LogP contribution in [0.2, 0.25) is 0 Å². The fourth-order valence-electron chi connectivity index (χ4n) is 5.51. The zero-order valence-corrected chi connectivity index (χ0v) is 13.2. The van der Waals surface area contributed by atoms with Crippen LogP contribution in [0.1, 0.15) is 44.9 Å². The third-order valence-corrected chi connectivity index (χ3v) is 6.07. The van der Waals surface area contributed by atoms with E-state index in [1.807, 2.05) is 0 Å². The first-order valence-electron chi connectivity index (χ1n) is 8.68. The van der Waals surface area contributed by atoms with Gasteiger partial charge in [0.1, 0.15) is 6.54 Å². The van der Waals surface area contributed by atoms with Gasteiger partial charge < -0.3 is 14.8 Å². The predicted octanol–water partition coefficient (Wildman–Crippen LogP) is 1.18. The molecule has 4 bridgehead atoms. The van der Waals surface area contributed by atoms with Gasteiger partial charge in [0.05, 0.1) is 6.61 Å². The van der Waals surface area contributed by atoms with Crippen molar-refractivity contribution in [2.24, 2.45) is 23.2 Å². The van der Waals surface area contributed by atoms with Crippen LogP contribution in [0.5, 0.6) is 0 Å². The summed E-state index contributed by atoms with van der Waals surface area (Å²) in [6.07, 6.45) is 6.32. The Morgan fingerprint density at radius 2 is 1.74 bits per heavy atom. The zero-order valence-electron chi connectivity index (χ0n) is 13.2. The molecule has 1 amide bonds. The second-order valence-corrected chi connectivity index (χ2v) is 7.82. The molecule has 5 aliphatic rings. The largest absolute Gasteiger partial charge is 0.463 e. The maximum atomic E-state index is 12.7. The fourth-order valence-corrected chi connectivity index (χ4v) is 5.51. The highest BCUT2D eigenvalue weighted by atomic mass is 16.6. The van der Waals surface area contributed by atoms with Crippen molar-refractivity contribution < 1.29 is 23.9 Å². The second-order valence-electron chi connectivity index (χ2n) is 7.82. The highest BCUT2D eigenvalue weighted by molar-refractivity contribution is 5.87. The Morgan fingerprint density at radius 3 is 2.26 bits per heavy atom. The Kier molecular flexibility index (Phi) is 3.58. The SMILES string of the molecule is O=C(CNC(=O)C12CC3CC(CC(C3)C1)C2)O[C@H]1CCOC1=O. The van der Waals surface area contributed by atoms with Gasteiger partial charge in [-0.1, -0.05) is 0 Å². The summed E-state index contributed by atoms with van der Waals surface area (Å²) in [4.78, 5) is 35.8. The first-order chi connectivity index (χ1) is 11.0. The minimum absolute atomic E-state index is 0.00236. The van der Waals surface area contributed by atoms with Crippen LogP contribution in [0.15, 0.2) is 0 Å². The molecule has 6 heteroatoms. The molecule has 1 aliphatic heterocycles. The van der Waals surface area contributed by atoms with Crippen LogP contribution in [-0.2, 0) is 23.9 Å². The fraction of sp³-hybridized carbons (Fsp3) is 0.824. The van der Waals surface area contributed by atoms with Crippen LogP contribution in [0.25, 0.3) is 0 Å². The summed E-state index contributed by atoms with van der Waals surface area (Å²) in [7, 11) is 0. The normalized spacial score (nSPS) is 40.8. The summed E-state index contributed by atoms with van der Waals surface area (Å²) in [5.41, 5.74) is -0.263. The molecule has 0 radical (unpaired) electrons. The van der Waals surface area contributed by atoms with Gasteiger partial charge in [-0.3, -0.25) is 9.59 Å². The van der Waals surface area contributed by atoms with Crippen molar-refractivity contribution in [3.8, 4) is 0 Å². The molecule has 4 aliphatic carbocycles. The number of hydrogen-bond acceptors (Lipinski definition) is 5. The van der Waals surface area contributed by atoms with E-state index in [0.29, 0.717) is 24.2 Å². The summed E-state index contributed by atoms with van der Waals surface area (Å²) in [5, 5.41) is 2.76. The standard InChI is InChI=1S/C17H23NO5/c19-14(23-13-1-2-22-15(13)20)9-18-16(21)17-6-10-3-11(7-17)5-12(4-10)8-17/h10-13H,1-9H2,(H,18,21)/t10?,11?,12?,13-,17?/m0/s1. The molecule has 1 heterocycles. The zero-order chi connectivity index (χ0) is 16.0. The number of nitrogens with one attached hydrogen (secondary N) is 1. The van der Waals surface area contributed by atoms with Crippen LogP contribution in [0.3, 0.4) is 0 Å². The Labute approximate surface area is 135 Å². The molecule has 0 aromatic rings. The number of carbonyl (C=O) groups is 3. The van der Waals surface area contributed by atoms with Gasteiger partial charge in [-0.05, 0) is 56.3 Å². The summed E-state index contributed by atoms with van der Waals surface area (Å²) < 4.78 is 9.82. The number of hydrogen-bond donors (Lipinski definition) is 1. The first kappa shape index (κ1) is 15.0. The average molecular weight is 321 g/mol. The molecule has 0 aromatic heterocycles. The van der Waals surface area contributed by atoms with Gasteiger partial charge in [0.2, 0.25) is 12.0 Å². The molecule has 0 aromatic carbocycles. The lowest BCUT2D eigenvalue weighted by Crippen LogP contribution is -2.54. The van der Waals surface area contributed by atoms with Crippen molar-refractivity contribution in [3.05, 3.63) is 0 Å². The summed E-state index contributed by atoms with van der Waals surface area (Å²) in [6, 6.07) is 0. The van der Waals surface area contributed by atoms with E-state index in [4.69, 9.17) is 9.47 Å². The van der Waals surface area contributed by atoms with Gasteiger partial charge in [0, 0.05) is 11.8 Å². The summed E-state index contributed by atoms with van der Waals surface area (Å²) >= 11 is 0. The van der Waals surface area contributed by atoms with E-state index < -0.39 is 18.0 Å². The van der Waals surface area contributed by atoms with Crippen LogP contribution < -0.4 is 5.32 Å². The van der Waals surface area contributed by atoms with Gasteiger partial charge >= 0.3 is 11.9 Å². The van der Waals surface area contributed by atoms with Gasteiger partial charge in [0.15, 0.2) is 0 Å². The van der Waals surface area contributed by atoms with Crippen molar-refractivity contribution >= 4 is 17.8 Å². The quantitative estimate of drug-likeness (QED) is 0.786. The van der Waals surface area contributed by atoms with E-state index >= 15 is 0 Å². The molecule has 4 saturated carbocycles. The lowest BCUT2D eigenvalue weighted by atomic mass is 9.49. The van der Waals surface area contributed by atoms with Gasteiger partial charge in [0.25, 0.3) is 0 Å². The minimum atomic E-state index is -0.807. The van der Waals surface area contributed by atoms with Crippen molar-refractivity contribution in [2.75, 3.05) is 13.2 Å². The van der Waals surface area contributed by atoms with Crippen LogP contribution in [-0.4, -0.2) is 37.1 Å². The van der Waals surface area contributed by atoms with Crippen molar-refractivity contribution in [3.63, 3.8) is 0 Å². The summed E-state index contributed by atoms with van der Waals surface area (Å²) in [5.74, 6) is 1.01. The maximum Gasteiger partial charge on any atom is 0.347 e. The van der Waals surface area contributed by atoms with Crippen molar-refractivity contribution in [1.29, 1.82) is 0 Å². The molecule has 1 saturated heterocycles. The highest BCUT2D eigenvalue weighted by Gasteiger charge is 2.54. The van der Waals surface area contributed by atoms with E-state index in [1.54, 1.807) is 0 Å². The molecule has 6 nitrogen and oxygen atoms in total. The number of carbonyl (C=O) groups excluding carboxylic acids is 3. The average Bonchev–Trinajstić information content (AvgIpc) is 2.88. The predicted molar refractivity (Wildman–Crippen MR) is 79.1 cm³/mol. The lowest BCUT2D eigenvalue weighted by molar-refractivity contribution is -0.160. The Hall–Kier alpha value is -1.59. The van der Waals surface area contributed by atoms with E-state index in [1.165, 1.54) is 19.3 Å². The molecule has 126 valence electrons. The van der Waals surface area contributed by atoms with Gasteiger partial charge in [-0.15, -0.1) is 0 Å². The molecule has 1 atom stereocenters. The maximum absolute atomic E-state index is 12.7. The Bertz CT molecular complexity index is 508.